The average Bonchev–Trinajstić information content (AvgIpc) is 2.58. The standard InChI is InChI=1S/C11H23N3O/c1-13(2)11(15)5-4-7-12-10-6-8-14(3)9-10/h10,12H,4-9H2,1-3H3. The minimum absolute atomic E-state index is 0.223. The first kappa shape index (κ1) is 12.5. The van der Waals surface area contributed by atoms with Gasteiger partial charge in [-0.05, 0) is 33.0 Å². The van der Waals surface area contributed by atoms with E-state index in [4.69, 9.17) is 0 Å². The number of likely N-dealkylation sites (N-methyl/N-ethyl adjacent to an activating group) is 1. The molecule has 1 unspecified atom stereocenters. The zero-order chi connectivity index (χ0) is 11.3. The van der Waals surface area contributed by atoms with Crippen LogP contribution < -0.4 is 5.32 Å². The van der Waals surface area contributed by atoms with Gasteiger partial charge < -0.3 is 15.1 Å². The Morgan fingerprint density at radius 3 is 2.80 bits per heavy atom. The maximum atomic E-state index is 11.3. The lowest BCUT2D eigenvalue weighted by atomic mass is 10.2. The molecule has 4 nitrogen and oxygen atoms in total. The average molecular weight is 213 g/mol. The van der Waals surface area contributed by atoms with Crippen LogP contribution in [0.3, 0.4) is 0 Å². The summed E-state index contributed by atoms with van der Waals surface area (Å²) in [5, 5.41) is 3.49. The Balaban J connectivity index is 2.00. The summed E-state index contributed by atoms with van der Waals surface area (Å²) in [5.74, 6) is 0.223. The summed E-state index contributed by atoms with van der Waals surface area (Å²) < 4.78 is 0. The van der Waals surface area contributed by atoms with Gasteiger partial charge in [0.05, 0.1) is 0 Å². The third kappa shape index (κ3) is 4.62. The molecule has 0 aromatic heterocycles. The van der Waals surface area contributed by atoms with Crippen molar-refractivity contribution < 1.29 is 4.79 Å². The second-order valence-corrected chi connectivity index (χ2v) is 4.59. The maximum absolute atomic E-state index is 11.3. The number of nitrogens with zero attached hydrogens (tertiary/aromatic N) is 2. The van der Waals surface area contributed by atoms with Crippen LogP contribution in [0, 0.1) is 0 Å². The predicted octanol–water partition coefficient (Wildman–Crippen LogP) is 0.149. The molecule has 1 N–H and O–H groups in total. The summed E-state index contributed by atoms with van der Waals surface area (Å²) in [7, 11) is 5.76. The van der Waals surface area contributed by atoms with Crippen LogP contribution in [0.15, 0.2) is 0 Å². The number of amides is 1. The van der Waals surface area contributed by atoms with Gasteiger partial charge in [0.25, 0.3) is 0 Å². The van der Waals surface area contributed by atoms with Gasteiger partial charge in [-0.25, -0.2) is 0 Å². The van der Waals surface area contributed by atoms with Gasteiger partial charge in [-0.15, -0.1) is 0 Å². The second-order valence-electron chi connectivity index (χ2n) is 4.59. The predicted molar refractivity (Wildman–Crippen MR) is 61.8 cm³/mol. The van der Waals surface area contributed by atoms with Crippen molar-refractivity contribution in [2.24, 2.45) is 0 Å². The molecule has 0 aromatic carbocycles. The summed E-state index contributed by atoms with van der Waals surface area (Å²) in [6, 6.07) is 0.629. The molecule has 1 heterocycles. The van der Waals surface area contributed by atoms with E-state index < -0.39 is 0 Å². The maximum Gasteiger partial charge on any atom is 0.222 e. The van der Waals surface area contributed by atoms with Crippen molar-refractivity contribution in [2.75, 3.05) is 40.8 Å². The van der Waals surface area contributed by atoms with E-state index in [1.807, 2.05) is 14.1 Å². The number of hydrogen-bond donors (Lipinski definition) is 1. The van der Waals surface area contributed by atoms with Gasteiger partial charge in [-0.3, -0.25) is 4.79 Å². The number of likely N-dealkylation sites (tertiary alicyclic amines) is 1. The van der Waals surface area contributed by atoms with Crippen LogP contribution in [0.1, 0.15) is 19.3 Å². The lowest BCUT2D eigenvalue weighted by Gasteiger charge is -2.13. The minimum Gasteiger partial charge on any atom is -0.349 e. The first-order chi connectivity index (χ1) is 7.09. The van der Waals surface area contributed by atoms with E-state index in [2.05, 4.69) is 17.3 Å². The van der Waals surface area contributed by atoms with Crippen LogP contribution >= 0.6 is 0 Å². The van der Waals surface area contributed by atoms with Crippen molar-refractivity contribution in [1.29, 1.82) is 0 Å². The van der Waals surface area contributed by atoms with Gasteiger partial charge in [-0.1, -0.05) is 0 Å². The molecule has 0 bridgehead atoms. The molecule has 0 aromatic rings. The molecule has 1 fully saturated rings. The van der Waals surface area contributed by atoms with Crippen molar-refractivity contribution in [3.05, 3.63) is 0 Å². The van der Waals surface area contributed by atoms with E-state index in [0.29, 0.717) is 12.5 Å². The highest BCUT2D eigenvalue weighted by Crippen LogP contribution is 2.05. The Kier molecular flexibility index (Phi) is 5.05. The van der Waals surface area contributed by atoms with E-state index in [-0.39, 0.29) is 5.91 Å². The van der Waals surface area contributed by atoms with Gasteiger partial charge in [0.2, 0.25) is 5.91 Å². The van der Waals surface area contributed by atoms with Crippen molar-refractivity contribution in [1.82, 2.24) is 15.1 Å². The summed E-state index contributed by atoms with van der Waals surface area (Å²) in [5.41, 5.74) is 0. The number of hydrogen-bond acceptors (Lipinski definition) is 3. The van der Waals surface area contributed by atoms with Crippen LogP contribution in [0.25, 0.3) is 0 Å². The molecule has 4 heteroatoms. The summed E-state index contributed by atoms with van der Waals surface area (Å²) in [6.07, 6.45) is 2.83. The van der Waals surface area contributed by atoms with E-state index in [1.165, 1.54) is 13.0 Å². The Labute approximate surface area is 92.6 Å². The first-order valence-corrected chi connectivity index (χ1v) is 5.71. The summed E-state index contributed by atoms with van der Waals surface area (Å²) >= 11 is 0. The molecule has 0 spiro atoms. The highest BCUT2D eigenvalue weighted by molar-refractivity contribution is 5.75. The van der Waals surface area contributed by atoms with Gasteiger partial charge >= 0.3 is 0 Å². The van der Waals surface area contributed by atoms with Crippen LogP contribution in [0.5, 0.6) is 0 Å². The molecule has 1 aliphatic rings. The molecular weight excluding hydrogens is 190 g/mol. The van der Waals surface area contributed by atoms with Gasteiger partial charge in [0.15, 0.2) is 0 Å². The summed E-state index contributed by atoms with van der Waals surface area (Å²) in [6.45, 7) is 3.29. The monoisotopic (exact) mass is 213 g/mol. The third-order valence-electron chi connectivity index (χ3n) is 2.89. The lowest BCUT2D eigenvalue weighted by molar-refractivity contribution is -0.128. The Morgan fingerprint density at radius 2 is 2.27 bits per heavy atom. The highest BCUT2D eigenvalue weighted by atomic mass is 16.2. The van der Waals surface area contributed by atoms with Crippen molar-refractivity contribution >= 4 is 5.91 Å². The smallest absolute Gasteiger partial charge is 0.222 e. The third-order valence-corrected chi connectivity index (χ3v) is 2.89. The fourth-order valence-electron chi connectivity index (χ4n) is 1.87. The van der Waals surface area contributed by atoms with Gasteiger partial charge in [0.1, 0.15) is 0 Å². The number of carbonyl (C=O) groups excluding carboxylic acids is 1. The van der Waals surface area contributed by atoms with Crippen LogP contribution in [0.4, 0.5) is 0 Å². The number of nitrogens with one attached hydrogen (secondary N) is 1. The van der Waals surface area contributed by atoms with E-state index in [9.17, 15) is 4.79 Å². The van der Waals surface area contributed by atoms with Crippen LogP contribution in [0.2, 0.25) is 0 Å². The van der Waals surface area contributed by atoms with E-state index in [0.717, 1.165) is 19.5 Å². The molecule has 0 saturated carbocycles. The molecule has 1 rings (SSSR count). The molecule has 1 saturated heterocycles. The lowest BCUT2D eigenvalue weighted by Crippen LogP contribution is -2.32. The molecule has 15 heavy (non-hydrogen) atoms. The molecule has 0 radical (unpaired) electrons. The molecule has 1 atom stereocenters. The molecular formula is C11H23N3O. The highest BCUT2D eigenvalue weighted by Gasteiger charge is 2.18. The Morgan fingerprint density at radius 1 is 1.53 bits per heavy atom. The van der Waals surface area contributed by atoms with Crippen molar-refractivity contribution in [3.63, 3.8) is 0 Å². The van der Waals surface area contributed by atoms with Gasteiger partial charge in [-0.2, -0.15) is 0 Å². The van der Waals surface area contributed by atoms with E-state index in [1.54, 1.807) is 4.90 Å². The van der Waals surface area contributed by atoms with Crippen molar-refractivity contribution in [2.45, 2.75) is 25.3 Å². The Hall–Kier alpha value is -0.610. The largest absolute Gasteiger partial charge is 0.349 e. The topological polar surface area (TPSA) is 35.6 Å². The fourth-order valence-corrected chi connectivity index (χ4v) is 1.87. The summed E-state index contributed by atoms with van der Waals surface area (Å²) in [4.78, 5) is 15.3. The van der Waals surface area contributed by atoms with Crippen molar-refractivity contribution in [3.8, 4) is 0 Å². The van der Waals surface area contributed by atoms with Crippen LogP contribution in [-0.4, -0.2) is 62.5 Å². The normalized spacial score (nSPS) is 21.9. The Bertz CT molecular complexity index is 206. The minimum atomic E-state index is 0.223. The number of carbonyl (C=O) groups is 1. The van der Waals surface area contributed by atoms with Crippen LogP contribution in [-0.2, 0) is 4.79 Å². The van der Waals surface area contributed by atoms with E-state index >= 15 is 0 Å². The number of rotatable bonds is 5. The molecule has 1 aliphatic heterocycles. The second kappa shape index (κ2) is 6.08. The molecule has 0 aliphatic carbocycles. The zero-order valence-corrected chi connectivity index (χ0v) is 10.1. The molecule has 88 valence electrons. The SMILES string of the molecule is CN1CCC(NCCCC(=O)N(C)C)C1. The zero-order valence-electron chi connectivity index (χ0n) is 10.1. The quantitative estimate of drug-likeness (QED) is 0.660. The fraction of sp³-hybridized carbons (Fsp3) is 0.909. The molecule has 1 amide bonds. The van der Waals surface area contributed by atoms with Gasteiger partial charge in [0, 0.05) is 33.1 Å². The first-order valence-electron chi connectivity index (χ1n) is 5.71.